The Bertz CT molecular complexity index is 736. The molecule has 128 valence electrons. The van der Waals surface area contributed by atoms with E-state index in [1.807, 2.05) is 0 Å². The third-order valence-corrected chi connectivity index (χ3v) is 4.47. The first kappa shape index (κ1) is 18.3. The molecule has 1 aromatic carbocycles. The van der Waals surface area contributed by atoms with E-state index in [1.165, 1.54) is 46.0 Å². The van der Waals surface area contributed by atoms with E-state index in [0.717, 1.165) is 19.3 Å². The molecule has 1 nitrogen and oxygen atoms in total. The molecule has 1 N–H and O–H groups in total. The topological polar surface area (TPSA) is 15.8 Å². The first-order valence-corrected chi connectivity index (χ1v) is 9.06. The van der Waals surface area contributed by atoms with Crippen LogP contribution in [-0.2, 0) is 6.42 Å². The van der Waals surface area contributed by atoms with E-state index in [1.54, 1.807) is 0 Å². The van der Waals surface area contributed by atoms with Gasteiger partial charge in [-0.05, 0) is 71.4 Å². The van der Waals surface area contributed by atoms with Gasteiger partial charge < -0.3 is 4.98 Å². The van der Waals surface area contributed by atoms with Crippen LogP contribution in [0.1, 0.15) is 58.9 Å². The van der Waals surface area contributed by atoms with Gasteiger partial charge in [0.15, 0.2) is 0 Å². The lowest BCUT2D eigenvalue weighted by Gasteiger charge is -2.02. The summed E-state index contributed by atoms with van der Waals surface area (Å²) in [7, 11) is 0. The van der Waals surface area contributed by atoms with Crippen molar-refractivity contribution in [2.75, 3.05) is 0 Å². The molecule has 2 rings (SSSR count). The normalized spacial score (nSPS) is 12.7. The minimum absolute atomic E-state index is 1.01. The second kappa shape index (κ2) is 9.32. The number of nitrogens with one attached hydrogen (secondary N) is 1. The van der Waals surface area contributed by atoms with Crippen molar-refractivity contribution in [3.63, 3.8) is 0 Å². The number of allylic oxidation sites excluding steroid dienone is 6. The Kier molecular flexibility index (Phi) is 7.11. The summed E-state index contributed by atoms with van der Waals surface area (Å²) >= 11 is 0. The maximum atomic E-state index is 3.35. The van der Waals surface area contributed by atoms with Crippen molar-refractivity contribution in [2.45, 2.75) is 59.8 Å². The predicted octanol–water partition coefficient (Wildman–Crippen LogP) is 7.13. The zero-order valence-corrected chi connectivity index (χ0v) is 15.7. The van der Waals surface area contributed by atoms with Crippen LogP contribution >= 0.6 is 0 Å². The molecule has 0 atom stereocenters. The highest BCUT2D eigenvalue weighted by atomic mass is 14.7. The van der Waals surface area contributed by atoms with Gasteiger partial charge in [-0.1, -0.05) is 53.1 Å². The molecule has 0 aliphatic heterocycles. The molecular weight excluding hydrogens is 290 g/mol. The van der Waals surface area contributed by atoms with Crippen molar-refractivity contribution < 1.29 is 0 Å². The number of aromatic amines is 1. The Morgan fingerprint density at radius 1 is 0.875 bits per heavy atom. The fourth-order valence-electron chi connectivity index (χ4n) is 2.92. The summed E-state index contributed by atoms with van der Waals surface area (Å²) in [6.07, 6.45) is 14.9. The van der Waals surface area contributed by atoms with E-state index in [2.05, 4.69) is 81.4 Å². The van der Waals surface area contributed by atoms with Gasteiger partial charge in [0.25, 0.3) is 0 Å². The fraction of sp³-hybridized carbons (Fsp3) is 0.391. The summed E-state index contributed by atoms with van der Waals surface area (Å²) in [6.45, 7) is 8.84. The molecule has 1 heteroatoms. The highest BCUT2D eigenvalue weighted by Crippen LogP contribution is 2.19. The van der Waals surface area contributed by atoms with Crippen molar-refractivity contribution in [1.29, 1.82) is 0 Å². The van der Waals surface area contributed by atoms with Crippen molar-refractivity contribution >= 4 is 10.9 Å². The lowest BCUT2D eigenvalue weighted by Crippen LogP contribution is -1.83. The van der Waals surface area contributed by atoms with Crippen molar-refractivity contribution in [3.8, 4) is 0 Å². The Labute approximate surface area is 147 Å². The summed E-state index contributed by atoms with van der Waals surface area (Å²) in [5.41, 5.74) is 7.02. The minimum atomic E-state index is 1.01. The zero-order valence-electron chi connectivity index (χ0n) is 15.7. The van der Waals surface area contributed by atoms with Gasteiger partial charge in [0.2, 0.25) is 0 Å². The molecule has 0 aliphatic carbocycles. The molecule has 0 fully saturated rings. The number of aromatic nitrogens is 1. The third-order valence-electron chi connectivity index (χ3n) is 4.47. The molecule has 0 spiro atoms. The Balaban J connectivity index is 1.81. The van der Waals surface area contributed by atoms with Crippen molar-refractivity contribution in [1.82, 2.24) is 4.98 Å². The van der Waals surface area contributed by atoms with Crippen LogP contribution in [0.25, 0.3) is 10.9 Å². The number of hydrogen-bond acceptors (Lipinski definition) is 0. The highest BCUT2D eigenvalue weighted by molar-refractivity contribution is 5.83. The summed E-state index contributed by atoms with van der Waals surface area (Å²) in [6, 6.07) is 8.52. The molecule has 1 heterocycles. The van der Waals surface area contributed by atoms with E-state index in [-0.39, 0.29) is 0 Å². The predicted molar refractivity (Wildman–Crippen MR) is 107 cm³/mol. The van der Waals surface area contributed by atoms with E-state index in [0.29, 0.717) is 0 Å². The minimum Gasteiger partial charge on any atom is -0.361 e. The standard InChI is InChI=1S/C23H31N/c1-18(2)9-7-10-19(3)11-8-12-20(4)15-16-21-17-24-23-14-6-5-13-22(21)23/h5-6,9,11,13-15,17,24H,7-8,10,12,16H2,1-4H3/b19-11+,20-15+. The van der Waals surface area contributed by atoms with Gasteiger partial charge in [0, 0.05) is 17.1 Å². The fourth-order valence-corrected chi connectivity index (χ4v) is 2.92. The first-order valence-electron chi connectivity index (χ1n) is 9.06. The average molecular weight is 322 g/mol. The van der Waals surface area contributed by atoms with E-state index >= 15 is 0 Å². The van der Waals surface area contributed by atoms with Crippen LogP contribution in [0.5, 0.6) is 0 Å². The van der Waals surface area contributed by atoms with E-state index in [9.17, 15) is 0 Å². The Morgan fingerprint density at radius 2 is 1.54 bits per heavy atom. The number of fused-ring (bicyclic) bond motifs is 1. The van der Waals surface area contributed by atoms with E-state index in [4.69, 9.17) is 0 Å². The van der Waals surface area contributed by atoms with Crippen LogP contribution in [0.3, 0.4) is 0 Å². The Morgan fingerprint density at radius 3 is 2.29 bits per heavy atom. The smallest absolute Gasteiger partial charge is 0.0456 e. The number of para-hydroxylation sites is 1. The average Bonchev–Trinajstić information content (AvgIpc) is 2.96. The van der Waals surface area contributed by atoms with Gasteiger partial charge in [0.05, 0.1) is 0 Å². The molecule has 0 bridgehead atoms. The van der Waals surface area contributed by atoms with Gasteiger partial charge in [-0.25, -0.2) is 0 Å². The molecular formula is C23H31N. The number of benzene rings is 1. The molecule has 24 heavy (non-hydrogen) atoms. The quantitative estimate of drug-likeness (QED) is 0.498. The maximum Gasteiger partial charge on any atom is 0.0456 e. The molecule has 0 unspecified atom stereocenters. The second-order valence-corrected chi connectivity index (χ2v) is 7.02. The monoisotopic (exact) mass is 321 g/mol. The highest BCUT2D eigenvalue weighted by Gasteiger charge is 2.01. The van der Waals surface area contributed by atoms with Gasteiger partial charge in [-0.15, -0.1) is 0 Å². The molecule has 2 aromatic rings. The van der Waals surface area contributed by atoms with Gasteiger partial charge in [-0.3, -0.25) is 0 Å². The van der Waals surface area contributed by atoms with Crippen LogP contribution in [0.4, 0.5) is 0 Å². The van der Waals surface area contributed by atoms with Gasteiger partial charge >= 0.3 is 0 Å². The van der Waals surface area contributed by atoms with Crippen LogP contribution in [-0.4, -0.2) is 4.98 Å². The molecule has 0 saturated heterocycles. The molecule has 0 radical (unpaired) electrons. The van der Waals surface area contributed by atoms with E-state index < -0.39 is 0 Å². The van der Waals surface area contributed by atoms with Crippen molar-refractivity contribution in [2.24, 2.45) is 0 Å². The number of H-pyrrole nitrogens is 1. The van der Waals surface area contributed by atoms with Gasteiger partial charge in [0.1, 0.15) is 0 Å². The maximum absolute atomic E-state index is 3.35. The third kappa shape index (κ3) is 5.88. The zero-order chi connectivity index (χ0) is 17.4. The summed E-state index contributed by atoms with van der Waals surface area (Å²) in [5.74, 6) is 0. The van der Waals surface area contributed by atoms with Crippen LogP contribution in [0.2, 0.25) is 0 Å². The second-order valence-electron chi connectivity index (χ2n) is 7.02. The summed E-state index contributed by atoms with van der Waals surface area (Å²) in [5, 5.41) is 1.34. The Hall–Kier alpha value is -2.02. The number of hydrogen-bond donors (Lipinski definition) is 1. The van der Waals surface area contributed by atoms with Crippen LogP contribution in [0, 0.1) is 0 Å². The molecule has 0 aliphatic rings. The van der Waals surface area contributed by atoms with Crippen LogP contribution in [0.15, 0.2) is 65.4 Å². The molecule has 1 aromatic heterocycles. The lowest BCUT2D eigenvalue weighted by molar-refractivity contribution is 0.914. The largest absolute Gasteiger partial charge is 0.361 e. The van der Waals surface area contributed by atoms with Crippen molar-refractivity contribution in [3.05, 3.63) is 71.0 Å². The summed E-state index contributed by atoms with van der Waals surface area (Å²) < 4.78 is 0. The van der Waals surface area contributed by atoms with Crippen LogP contribution < -0.4 is 0 Å². The SMILES string of the molecule is CC(C)=CCC/C(C)=C/CC/C(C)=C/Cc1c[nH]c2ccccc12. The lowest BCUT2D eigenvalue weighted by atomic mass is 10.0. The first-order chi connectivity index (χ1) is 11.6. The molecule has 0 amide bonds. The number of rotatable bonds is 8. The summed E-state index contributed by atoms with van der Waals surface area (Å²) in [4.78, 5) is 3.35. The van der Waals surface area contributed by atoms with Gasteiger partial charge in [-0.2, -0.15) is 0 Å². The molecule has 0 saturated carbocycles.